The summed E-state index contributed by atoms with van der Waals surface area (Å²) >= 11 is 0. The highest BCUT2D eigenvalue weighted by Crippen LogP contribution is 2.13. The second kappa shape index (κ2) is 9.85. The molecule has 0 atom stereocenters. The lowest BCUT2D eigenvalue weighted by Crippen LogP contribution is -2.54. The third kappa shape index (κ3) is 5.91. The third-order valence-electron chi connectivity index (χ3n) is 5.20. The predicted molar refractivity (Wildman–Crippen MR) is 99.5 cm³/mol. The summed E-state index contributed by atoms with van der Waals surface area (Å²) in [6.45, 7) is 6.95. The zero-order valence-electron chi connectivity index (χ0n) is 15.8. The zero-order chi connectivity index (χ0) is 18.3. The standard InChI is InChI=1S/C17H34N4O3S/c1-3-4-9-18(2)25(23,24)21-14-12-19(13-15-21)16-17(22)20-10-7-5-6-8-11-20/h3-16H2,1-2H3. The average molecular weight is 375 g/mol. The van der Waals surface area contributed by atoms with Crippen LogP contribution in [0.3, 0.4) is 0 Å². The van der Waals surface area contributed by atoms with Crippen molar-refractivity contribution >= 4 is 16.1 Å². The maximum absolute atomic E-state index is 12.6. The van der Waals surface area contributed by atoms with Crippen LogP contribution in [0.4, 0.5) is 0 Å². The quantitative estimate of drug-likeness (QED) is 0.666. The van der Waals surface area contributed by atoms with E-state index in [1.807, 2.05) is 4.90 Å². The van der Waals surface area contributed by atoms with Crippen LogP contribution in [0.5, 0.6) is 0 Å². The topological polar surface area (TPSA) is 64.2 Å². The molecule has 2 saturated heterocycles. The van der Waals surface area contributed by atoms with E-state index < -0.39 is 10.2 Å². The SMILES string of the molecule is CCCCN(C)S(=O)(=O)N1CCN(CC(=O)N2CCCCCC2)CC1. The fourth-order valence-electron chi connectivity index (χ4n) is 3.42. The summed E-state index contributed by atoms with van der Waals surface area (Å²) in [4.78, 5) is 16.5. The first-order valence-corrected chi connectivity index (χ1v) is 11.1. The fraction of sp³-hybridized carbons (Fsp3) is 0.941. The average Bonchev–Trinajstić information content (AvgIpc) is 2.89. The smallest absolute Gasteiger partial charge is 0.281 e. The molecule has 146 valence electrons. The van der Waals surface area contributed by atoms with Gasteiger partial charge in [-0.1, -0.05) is 26.2 Å². The summed E-state index contributed by atoms with van der Waals surface area (Å²) in [5.41, 5.74) is 0. The Balaban J connectivity index is 1.79. The van der Waals surface area contributed by atoms with E-state index in [1.165, 1.54) is 17.1 Å². The first-order valence-electron chi connectivity index (χ1n) is 9.66. The Kier molecular flexibility index (Phi) is 8.12. The minimum Gasteiger partial charge on any atom is -0.342 e. The van der Waals surface area contributed by atoms with E-state index in [-0.39, 0.29) is 5.91 Å². The summed E-state index contributed by atoms with van der Waals surface area (Å²) in [5, 5.41) is 0. The summed E-state index contributed by atoms with van der Waals surface area (Å²) in [6.07, 6.45) is 6.48. The molecule has 8 heteroatoms. The molecule has 0 N–H and O–H groups in total. The highest BCUT2D eigenvalue weighted by atomic mass is 32.2. The summed E-state index contributed by atoms with van der Waals surface area (Å²) in [7, 11) is -1.71. The van der Waals surface area contributed by atoms with E-state index >= 15 is 0 Å². The molecule has 0 spiro atoms. The fourth-order valence-corrected chi connectivity index (χ4v) is 4.80. The minimum atomic E-state index is -3.37. The lowest BCUT2D eigenvalue weighted by molar-refractivity contribution is -0.132. The number of rotatable bonds is 7. The monoisotopic (exact) mass is 374 g/mol. The van der Waals surface area contributed by atoms with Crippen molar-refractivity contribution in [2.45, 2.75) is 45.4 Å². The highest BCUT2D eigenvalue weighted by Gasteiger charge is 2.31. The van der Waals surface area contributed by atoms with Gasteiger partial charge in [-0.2, -0.15) is 17.0 Å². The van der Waals surface area contributed by atoms with Crippen molar-refractivity contribution in [3.63, 3.8) is 0 Å². The Morgan fingerprint density at radius 2 is 1.56 bits per heavy atom. The second-order valence-corrected chi connectivity index (χ2v) is 9.19. The lowest BCUT2D eigenvalue weighted by atomic mass is 10.2. The van der Waals surface area contributed by atoms with Gasteiger partial charge in [0.1, 0.15) is 0 Å². The predicted octanol–water partition coefficient (Wildman–Crippen LogP) is 0.983. The third-order valence-corrected chi connectivity index (χ3v) is 7.18. The molecular weight excluding hydrogens is 340 g/mol. The van der Waals surface area contributed by atoms with E-state index in [9.17, 15) is 13.2 Å². The van der Waals surface area contributed by atoms with Crippen LogP contribution in [-0.2, 0) is 15.0 Å². The number of hydrogen-bond donors (Lipinski definition) is 0. The molecule has 0 bridgehead atoms. The Hall–Kier alpha value is -0.700. The van der Waals surface area contributed by atoms with Crippen molar-refractivity contribution in [3.05, 3.63) is 0 Å². The molecule has 2 aliphatic heterocycles. The van der Waals surface area contributed by atoms with Crippen LogP contribution >= 0.6 is 0 Å². The van der Waals surface area contributed by atoms with Crippen molar-refractivity contribution in [2.24, 2.45) is 0 Å². The number of hydrogen-bond acceptors (Lipinski definition) is 4. The number of nitrogens with zero attached hydrogens (tertiary/aromatic N) is 4. The van der Waals surface area contributed by atoms with Gasteiger partial charge >= 0.3 is 0 Å². The van der Waals surface area contributed by atoms with E-state index in [4.69, 9.17) is 0 Å². The van der Waals surface area contributed by atoms with Crippen molar-refractivity contribution in [1.82, 2.24) is 18.4 Å². The van der Waals surface area contributed by atoms with Crippen molar-refractivity contribution < 1.29 is 13.2 Å². The normalized spacial score (nSPS) is 21.5. The van der Waals surface area contributed by atoms with Crippen LogP contribution in [0, 0.1) is 0 Å². The number of carbonyl (C=O) groups excluding carboxylic acids is 1. The molecule has 0 aliphatic carbocycles. The van der Waals surface area contributed by atoms with Gasteiger partial charge in [0.05, 0.1) is 6.54 Å². The molecule has 25 heavy (non-hydrogen) atoms. The second-order valence-electron chi connectivity index (χ2n) is 7.15. The molecule has 2 heterocycles. The minimum absolute atomic E-state index is 0.193. The van der Waals surface area contributed by atoms with Crippen molar-refractivity contribution in [3.8, 4) is 0 Å². The molecule has 0 unspecified atom stereocenters. The van der Waals surface area contributed by atoms with Gasteiger partial charge in [0.2, 0.25) is 5.91 Å². The molecule has 2 aliphatic rings. The molecule has 0 aromatic carbocycles. The Labute approximate surface area is 153 Å². The highest BCUT2D eigenvalue weighted by molar-refractivity contribution is 7.86. The van der Waals surface area contributed by atoms with Crippen LogP contribution in [0.25, 0.3) is 0 Å². The molecule has 7 nitrogen and oxygen atoms in total. The molecule has 2 rings (SSSR count). The Morgan fingerprint density at radius 3 is 2.12 bits per heavy atom. The summed E-state index contributed by atoms with van der Waals surface area (Å²) in [5.74, 6) is 0.193. The van der Waals surface area contributed by atoms with Gasteiger partial charge in [0.25, 0.3) is 10.2 Å². The number of piperazine rings is 1. The van der Waals surface area contributed by atoms with E-state index in [0.717, 1.165) is 38.8 Å². The zero-order valence-corrected chi connectivity index (χ0v) is 16.6. The van der Waals surface area contributed by atoms with E-state index in [0.29, 0.717) is 39.3 Å². The molecule has 2 fully saturated rings. The Morgan fingerprint density at radius 1 is 0.960 bits per heavy atom. The number of carbonyl (C=O) groups is 1. The van der Waals surface area contributed by atoms with Crippen LogP contribution in [0.1, 0.15) is 45.4 Å². The van der Waals surface area contributed by atoms with Gasteiger partial charge in [0.15, 0.2) is 0 Å². The van der Waals surface area contributed by atoms with Crippen molar-refractivity contribution in [1.29, 1.82) is 0 Å². The van der Waals surface area contributed by atoms with E-state index in [2.05, 4.69) is 11.8 Å². The number of unbranched alkanes of at least 4 members (excludes halogenated alkanes) is 1. The maximum atomic E-state index is 12.6. The van der Waals surface area contributed by atoms with Crippen LogP contribution in [0.2, 0.25) is 0 Å². The lowest BCUT2D eigenvalue weighted by Gasteiger charge is -2.36. The van der Waals surface area contributed by atoms with Gasteiger partial charge in [-0.05, 0) is 19.3 Å². The summed E-state index contributed by atoms with van der Waals surface area (Å²) < 4.78 is 28.1. The number of amides is 1. The van der Waals surface area contributed by atoms with Gasteiger partial charge in [-0.3, -0.25) is 9.69 Å². The Bertz CT molecular complexity index is 510. The molecule has 0 saturated carbocycles. The van der Waals surface area contributed by atoms with Gasteiger partial charge in [-0.25, -0.2) is 0 Å². The van der Waals surface area contributed by atoms with Gasteiger partial charge in [0, 0.05) is 52.9 Å². The van der Waals surface area contributed by atoms with E-state index in [1.54, 1.807) is 11.4 Å². The van der Waals surface area contributed by atoms with Gasteiger partial charge in [-0.15, -0.1) is 0 Å². The first kappa shape index (κ1) is 20.6. The maximum Gasteiger partial charge on any atom is 0.281 e. The number of likely N-dealkylation sites (tertiary alicyclic amines) is 1. The van der Waals surface area contributed by atoms with Crippen LogP contribution in [-0.4, -0.2) is 92.1 Å². The largest absolute Gasteiger partial charge is 0.342 e. The van der Waals surface area contributed by atoms with Crippen molar-refractivity contribution in [2.75, 3.05) is 59.4 Å². The molecule has 0 radical (unpaired) electrons. The van der Waals surface area contributed by atoms with Gasteiger partial charge < -0.3 is 4.90 Å². The molecule has 0 aromatic heterocycles. The molecular formula is C17H34N4O3S. The first-order chi connectivity index (χ1) is 11.9. The van der Waals surface area contributed by atoms with Crippen LogP contribution in [0.15, 0.2) is 0 Å². The molecule has 0 aromatic rings. The van der Waals surface area contributed by atoms with Crippen LogP contribution < -0.4 is 0 Å². The molecule has 1 amide bonds. The summed E-state index contributed by atoms with van der Waals surface area (Å²) in [6, 6.07) is 0.